The SMILES string of the molecule is Cc1ccc(C(C)NC(=O)[C@@H](N)Cc2c[nH]c3ccccc23)cc1. The maximum Gasteiger partial charge on any atom is 0.237 e. The van der Waals surface area contributed by atoms with Gasteiger partial charge in [0.05, 0.1) is 12.1 Å². The zero-order valence-corrected chi connectivity index (χ0v) is 14.0. The molecule has 2 atom stereocenters. The van der Waals surface area contributed by atoms with E-state index in [0.717, 1.165) is 22.0 Å². The molecule has 2 aromatic carbocycles. The molecule has 0 saturated heterocycles. The Hall–Kier alpha value is -2.59. The molecule has 0 aliphatic heterocycles. The van der Waals surface area contributed by atoms with Crippen molar-refractivity contribution < 1.29 is 4.79 Å². The Bertz CT molecular complexity index is 835. The molecule has 0 bridgehead atoms. The van der Waals surface area contributed by atoms with Crippen LogP contribution in [-0.2, 0) is 11.2 Å². The summed E-state index contributed by atoms with van der Waals surface area (Å²) in [5, 5.41) is 4.12. The third-order valence-electron chi connectivity index (χ3n) is 4.39. The van der Waals surface area contributed by atoms with Gasteiger partial charge in [0.2, 0.25) is 5.91 Å². The molecule has 0 aliphatic carbocycles. The summed E-state index contributed by atoms with van der Waals surface area (Å²) in [6.45, 7) is 4.02. The number of H-pyrrole nitrogens is 1. The Balaban J connectivity index is 1.65. The number of para-hydroxylation sites is 1. The quantitative estimate of drug-likeness (QED) is 0.675. The molecular weight excluding hydrogens is 298 g/mol. The lowest BCUT2D eigenvalue weighted by Crippen LogP contribution is -2.42. The van der Waals surface area contributed by atoms with Crippen molar-refractivity contribution in [1.82, 2.24) is 10.3 Å². The average Bonchev–Trinajstić information content (AvgIpc) is 2.98. The molecule has 124 valence electrons. The fourth-order valence-electron chi connectivity index (χ4n) is 2.89. The van der Waals surface area contributed by atoms with Gasteiger partial charge in [-0.15, -0.1) is 0 Å². The van der Waals surface area contributed by atoms with Crippen LogP contribution in [0, 0.1) is 6.92 Å². The predicted octanol–water partition coefficient (Wildman–Crippen LogP) is 3.22. The molecular formula is C20H23N3O. The lowest BCUT2D eigenvalue weighted by Gasteiger charge is -2.18. The highest BCUT2D eigenvalue weighted by atomic mass is 16.2. The number of hydrogen-bond donors (Lipinski definition) is 3. The molecule has 1 amide bonds. The number of rotatable bonds is 5. The molecule has 3 aromatic rings. The molecule has 1 heterocycles. The number of nitrogens with two attached hydrogens (primary N) is 1. The van der Waals surface area contributed by atoms with Crippen molar-refractivity contribution in [3.63, 3.8) is 0 Å². The summed E-state index contributed by atoms with van der Waals surface area (Å²) in [5.41, 5.74) is 10.5. The number of nitrogens with one attached hydrogen (secondary N) is 2. The molecule has 0 spiro atoms. The third-order valence-corrected chi connectivity index (χ3v) is 4.39. The van der Waals surface area contributed by atoms with Gasteiger partial charge in [0.1, 0.15) is 0 Å². The number of hydrogen-bond acceptors (Lipinski definition) is 2. The first kappa shape index (κ1) is 16.3. The van der Waals surface area contributed by atoms with Crippen molar-refractivity contribution in [3.05, 3.63) is 71.4 Å². The zero-order valence-electron chi connectivity index (χ0n) is 14.0. The molecule has 0 saturated carbocycles. The van der Waals surface area contributed by atoms with E-state index in [1.807, 2.05) is 68.6 Å². The first-order chi connectivity index (χ1) is 11.5. The van der Waals surface area contributed by atoms with Gasteiger partial charge in [-0.2, -0.15) is 0 Å². The summed E-state index contributed by atoms with van der Waals surface area (Å²) in [5.74, 6) is -0.131. The normalized spacial score (nSPS) is 13.6. The standard InChI is InChI=1S/C20H23N3O/c1-13-7-9-15(10-8-13)14(2)23-20(24)18(21)11-16-12-22-19-6-4-3-5-17(16)19/h3-10,12,14,18,22H,11,21H2,1-2H3,(H,23,24)/t14?,18-/m0/s1. The van der Waals surface area contributed by atoms with E-state index >= 15 is 0 Å². The molecule has 4 heteroatoms. The summed E-state index contributed by atoms with van der Waals surface area (Å²) >= 11 is 0. The lowest BCUT2D eigenvalue weighted by atomic mass is 10.0. The number of carbonyl (C=O) groups excluding carboxylic acids is 1. The van der Waals surface area contributed by atoms with Crippen molar-refractivity contribution in [2.45, 2.75) is 32.4 Å². The van der Waals surface area contributed by atoms with Crippen LogP contribution in [-0.4, -0.2) is 16.9 Å². The number of fused-ring (bicyclic) bond motifs is 1. The van der Waals surface area contributed by atoms with Crippen LogP contribution >= 0.6 is 0 Å². The van der Waals surface area contributed by atoms with Crippen LogP contribution in [0.5, 0.6) is 0 Å². The van der Waals surface area contributed by atoms with Crippen molar-refractivity contribution in [3.8, 4) is 0 Å². The Morgan fingerprint density at radius 2 is 1.88 bits per heavy atom. The molecule has 4 nitrogen and oxygen atoms in total. The average molecular weight is 321 g/mol. The fourth-order valence-corrected chi connectivity index (χ4v) is 2.89. The Labute approximate surface area is 142 Å². The van der Waals surface area contributed by atoms with Crippen LogP contribution in [0.2, 0.25) is 0 Å². The highest BCUT2D eigenvalue weighted by molar-refractivity contribution is 5.86. The highest BCUT2D eigenvalue weighted by Crippen LogP contribution is 2.19. The van der Waals surface area contributed by atoms with Crippen LogP contribution in [0.1, 0.15) is 29.7 Å². The van der Waals surface area contributed by atoms with Gasteiger partial charge in [-0.25, -0.2) is 0 Å². The van der Waals surface area contributed by atoms with Crippen molar-refractivity contribution >= 4 is 16.8 Å². The van der Waals surface area contributed by atoms with Gasteiger partial charge in [-0.05, 0) is 37.5 Å². The van der Waals surface area contributed by atoms with Crippen LogP contribution in [0.3, 0.4) is 0 Å². The lowest BCUT2D eigenvalue weighted by molar-refractivity contribution is -0.123. The van der Waals surface area contributed by atoms with Crippen LogP contribution < -0.4 is 11.1 Å². The Kier molecular flexibility index (Phi) is 4.67. The summed E-state index contributed by atoms with van der Waals surface area (Å²) in [7, 11) is 0. The van der Waals surface area contributed by atoms with E-state index in [1.165, 1.54) is 5.56 Å². The van der Waals surface area contributed by atoms with Crippen molar-refractivity contribution in [2.75, 3.05) is 0 Å². The van der Waals surface area contributed by atoms with E-state index < -0.39 is 6.04 Å². The number of carbonyl (C=O) groups is 1. The minimum absolute atomic E-state index is 0.0629. The van der Waals surface area contributed by atoms with Crippen LogP contribution in [0.15, 0.2) is 54.7 Å². The second-order valence-corrected chi connectivity index (χ2v) is 6.31. The van der Waals surface area contributed by atoms with Crippen molar-refractivity contribution in [1.29, 1.82) is 0 Å². The van der Waals surface area contributed by atoms with Gasteiger partial charge in [0.15, 0.2) is 0 Å². The number of aromatic amines is 1. The third kappa shape index (κ3) is 3.49. The topological polar surface area (TPSA) is 70.9 Å². The van der Waals surface area contributed by atoms with Gasteiger partial charge in [0.25, 0.3) is 0 Å². The number of benzene rings is 2. The summed E-state index contributed by atoms with van der Waals surface area (Å²) in [4.78, 5) is 15.6. The van der Waals surface area contributed by atoms with E-state index in [0.29, 0.717) is 6.42 Å². The first-order valence-corrected chi connectivity index (χ1v) is 8.22. The summed E-state index contributed by atoms with van der Waals surface area (Å²) < 4.78 is 0. The van der Waals surface area contributed by atoms with E-state index in [1.54, 1.807) is 0 Å². The summed E-state index contributed by atoms with van der Waals surface area (Å²) in [6.07, 6.45) is 2.44. The molecule has 1 unspecified atom stereocenters. The van der Waals surface area contributed by atoms with E-state index in [2.05, 4.69) is 10.3 Å². The van der Waals surface area contributed by atoms with Crippen LogP contribution in [0.25, 0.3) is 10.9 Å². The van der Waals surface area contributed by atoms with Gasteiger partial charge in [0, 0.05) is 17.1 Å². The summed E-state index contributed by atoms with van der Waals surface area (Å²) in [6, 6.07) is 15.6. The minimum atomic E-state index is -0.572. The largest absolute Gasteiger partial charge is 0.361 e. The molecule has 0 radical (unpaired) electrons. The fraction of sp³-hybridized carbons (Fsp3) is 0.250. The molecule has 24 heavy (non-hydrogen) atoms. The monoisotopic (exact) mass is 321 g/mol. The maximum atomic E-state index is 12.4. The Morgan fingerprint density at radius 1 is 1.17 bits per heavy atom. The number of aromatic nitrogens is 1. The molecule has 1 aromatic heterocycles. The number of amides is 1. The van der Waals surface area contributed by atoms with Gasteiger partial charge in [-0.3, -0.25) is 4.79 Å². The molecule has 0 fully saturated rings. The maximum absolute atomic E-state index is 12.4. The van der Waals surface area contributed by atoms with E-state index in [9.17, 15) is 4.79 Å². The predicted molar refractivity (Wildman–Crippen MR) is 97.7 cm³/mol. The van der Waals surface area contributed by atoms with Crippen molar-refractivity contribution in [2.24, 2.45) is 5.73 Å². The number of aryl methyl sites for hydroxylation is 1. The molecule has 3 rings (SSSR count). The smallest absolute Gasteiger partial charge is 0.237 e. The van der Waals surface area contributed by atoms with E-state index in [4.69, 9.17) is 5.73 Å². The molecule has 0 aliphatic rings. The van der Waals surface area contributed by atoms with E-state index in [-0.39, 0.29) is 11.9 Å². The minimum Gasteiger partial charge on any atom is -0.361 e. The second-order valence-electron chi connectivity index (χ2n) is 6.31. The van der Waals surface area contributed by atoms with Gasteiger partial charge in [-0.1, -0.05) is 48.0 Å². The Morgan fingerprint density at radius 3 is 2.62 bits per heavy atom. The van der Waals surface area contributed by atoms with Gasteiger partial charge < -0.3 is 16.0 Å². The first-order valence-electron chi connectivity index (χ1n) is 8.22. The highest BCUT2D eigenvalue weighted by Gasteiger charge is 2.18. The van der Waals surface area contributed by atoms with Gasteiger partial charge >= 0.3 is 0 Å². The molecule has 4 N–H and O–H groups in total. The zero-order chi connectivity index (χ0) is 17.1. The van der Waals surface area contributed by atoms with Crippen LogP contribution in [0.4, 0.5) is 0 Å². The second kappa shape index (κ2) is 6.89.